The molecular weight excluding hydrogens is 334 g/mol. The first-order chi connectivity index (χ1) is 12.4. The molecule has 0 fully saturated rings. The number of fused-ring (bicyclic) bond motifs is 1. The van der Waals surface area contributed by atoms with E-state index in [9.17, 15) is 24.6 Å². The number of rotatable bonds is 1. The fourth-order valence-corrected chi connectivity index (χ4v) is 4.16. The van der Waals surface area contributed by atoms with Gasteiger partial charge in [0.15, 0.2) is 17.0 Å². The minimum absolute atomic E-state index is 0.114. The highest BCUT2D eigenvalue weighted by Crippen LogP contribution is 2.56. The maximum atomic E-state index is 13.9. The third-order valence-corrected chi connectivity index (χ3v) is 5.41. The molecule has 0 aromatic heterocycles. The van der Waals surface area contributed by atoms with Gasteiger partial charge in [0.1, 0.15) is 6.07 Å². The molecule has 0 unspecified atom stereocenters. The summed E-state index contributed by atoms with van der Waals surface area (Å²) >= 11 is 0. The quantitative estimate of drug-likeness (QED) is 0.833. The molecule has 0 amide bonds. The highest BCUT2D eigenvalue weighted by molar-refractivity contribution is 5.59. The lowest BCUT2D eigenvalue weighted by atomic mass is 9.56. The molecule has 3 rings (SSSR count). The van der Waals surface area contributed by atoms with Crippen LogP contribution in [0.1, 0.15) is 31.2 Å². The van der Waals surface area contributed by atoms with Crippen LogP contribution in [0, 0.1) is 62.9 Å². The van der Waals surface area contributed by atoms with Gasteiger partial charge in [0, 0.05) is 5.92 Å². The first-order valence-corrected chi connectivity index (χ1v) is 8.27. The summed E-state index contributed by atoms with van der Waals surface area (Å²) in [6.45, 7) is 2.03. The van der Waals surface area contributed by atoms with Crippen molar-refractivity contribution in [3.8, 4) is 18.2 Å². The van der Waals surface area contributed by atoms with Gasteiger partial charge in [-0.05, 0) is 47.9 Å². The summed E-state index contributed by atoms with van der Waals surface area (Å²) in [7, 11) is 0. The van der Waals surface area contributed by atoms with Gasteiger partial charge in [-0.3, -0.25) is 0 Å². The topological polar surface area (TPSA) is 97.4 Å². The van der Waals surface area contributed by atoms with Crippen LogP contribution in [0.2, 0.25) is 0 Å². The van der Waals surface area contributed by atoms with Crippen LogP contribution in [0.25, 0.3) is 0 Å². The maximum absolute atomic E-state index is 13.9. The average molecular weight is 350 g/mol. The van der Waals surface area contributed by atoms with Gasteiger partial charge in [-0.25, -0.2) is 8.78 Å². The Morgan fingerprint density at radius 3 is 2.42 bits per heavy atom. The van der Waals surface area contributed by atoms with Crippen LogP contribution in [0.15, 0.2) is 41.1 Å². The molecule has 0 heterocycles. The second-order valence-corrected chi connectivity index (χ2v) is 6.93. The molecule has 0 aliphatic heterocycles. The zero-order chi connectivity index (χ0) is 19.1. The summed E-state index contributed by atoms with van der Waals surface area (Å²) in [5.74, 6) is -2.90. The summed E-state index contributed by atoms with van der Waals surface area (Å²) in [6, 6.07) is 9.37. The second-order valence-electron chi connectivity index (χ2n) is 6.93. The Kier molecular flexibility index (Phi) is 4.26. The van der Waals surface area contributed by atoms with Crippen LogP contribution in [0.4, 0.5) is 8.78 Å². The lowest BCUT2D eigenvalue weighted by Crippen LogP contribution is -2.43. The van der Waals surface area contributed by atoms with Gasteiger partial charge < -0.3 is 5.73 Å². The highest BCUT2D eigenvalue weighted by atomic mass is 19.2. The maximum Gasteiger partial charge on any atom is 0.191 e. The number of nitriles is 3. The summed E-state index contributed by atoms with van der Waals surface area (Å²) < 4.78 is 27.3. The summed E-state index contributed by atoms with van der Waals surface area (Å²) in [4.78, 5) is 0. The number of hydrogen-bond donors (Lipinski definition) is 1. The summed E-state index contributed by atoms with van der Waals surface area (Å²) in [5, 5.41) is 29.3. The molecule has 2 N–H and O–H groups in total. The molecule has 6 heteroatoms. The van der Waals surface area contributed by atoms with Crippen molar-refractivity contribution in [1.82, 2.24) is 0 Å². The molecule has 0 radical (unpaired) electrons. The Bertz CT molecular complexity index is 941. The smallest absolute Gasteiger partial charge is 0.191 e. The van der Waals surface area contributed by atoms with Crippen molar-refractivity contribution in [2.24, 2.45) is 23.0 Å². The van der Waals surface area contributed by atoms with E-state index in [1.165, 1.54) is 6.07 Å². The van der Waals surface area contributed by atoms with Gasteiger partial charge >= 0.3 is 0 Å². The fourth-order valence-electron chi connectivity index (χ4n) is 4.16. The molecule has 0 saturated heterocycles. The Balaban J connectivity index is 2.34. The van der Waals surface area contributed by atoms with Crippen molar-refractivity contribution in [3.63, 3.8) is 0 Å². The van der Waals surface area contributed by atoms with E-state index in [-0.39, 0.29) is 23.1 Å². The molecule has 3 atom stereocenters. The van der Waals surface area contributed by atoms with Crippen LogP contribution in [-0.4, -0.2) is 0 Å². The lowest BCUT2D eigenvalue weighted by molar-refractivity contribution is 0.283. The van der Waals surface area contributed by atoms with Gasteiger partial charge in [-0.2, -0.15) is 15.8 Å². The van der Waals surface area contributed by atoms with Crippen LogP contribution < -0.4 is 5.73 Å². The SMILES string of the molecule is C[C@@H]1CC=C2C(C#N)=C(N)C(C#N)(C#N)[C@H](c3ccc(F)c(F)c3)[C@@H]2C1. The standard InChI is InChI=1S/C20H16F2N4/c1-11-2-4-13-14(6-11)18(12-3-5-16(21)17(22)7-12)20(9-24,10-25)19(26)15(13)8-23/h3-5,7,11,14,18H,2,6,26H2,1H3/t11-,14-,18-/m1/s1. The summed E-state index contributed by atoms with van der Waals surface area (Å²) in [6.07, 6.45) is 3.29. The van der Waals surface area contributed by atoms with Gasteiger partial charge in [-0.1, -0.05) is 19.1 Å². The van der Waals surface area contributed by atoms with Crippen LogP contribution in [0.3, 0.4) is 0 Å². The van der Waals surface area contributed by atoms with Crippen molar-refractivity contribution >= 4 is 0 Å². The predicted molar refractivity (Wildman–Crippen MR) is 89.6 cm³/mol. The number of nitrogens with zero attached hydrogens (tertiary/aromatic N) is 3. The molecule has 2 aliphatic carbocycles. The molecular formula is C20H16F2N4. The molecule has 1 aromatic rings. The van der Waals surface area contributed by atoms with Gasteiger partial charge in [0.25, 0.3) is 0 Å². The predicted octanol–water partition coefficient (Wildman–Crippen LogP) is 3.80. The van der Waals surface area contributed by atoms with Crippen LogP contribution in [-0.2, 0) is 0 Å². The highest BCUT2D eigenvalue weighted by Gasteiger charge is 2.54. The number of allylic oxidation sites excluding steroid dienone is 4. The number of benzene rings is 1. The first-order valence-electron chi connectivity index (χ1n) is 8.27. The average Bonchev–Trinajstić information content (AvgIpc) is 2.63. The Labute approximate surface area is 150 Å². The molecule has 130 valence electrons. The van der Waals surface area contributed by atoms with E-state index in [0.29, 0.717) is 17.6 Å². The van der Waals surface area contributed by atoms with Gasteiger partial charge in [0.05, 0.1) is 23.4 Å². The van der Waals surface area contributed by atoms with Crippen LogP contribution >= 0.6 is 0 Å². The normalized spacial score (nSPS) is 26.8. The summed E-state index contributed by atoms with van der Waals surface area (Å²) in [5.41, 5.74) is 5.39. The monoisotopic (exact) mass is 350 g/mol. The van der Waals surface area contributed by atoms with Crippen molar-refractivity contribution in [2.75, 3.05) is 0 Å². The van der Waals surface area contributed by atoms with E-state index < -0.39 is 23.0 Å². The molecule has 2 aliphatic rings. The van der Waals surface area contributed by atoms with Crippen molar-refractivity contribution in [2.45, 2.75) is 25.7 Å². The molecule has 4 nitrogen and oxygen atoms in total. The van der Waals surface area contributed by atoms with Crippen molar-refractivity contribution in [1.29, 1.82) is 15.8 Å². The molecule has 0 bridgehead atoms. The van der Waals surface area contributed by atoms with Crippen molar-refractivity contribution < 1.29 is 8.78 Å². The number of halogens is 2. The zero-order valence-electron chi connectivity index (χ0n) is 14.1. The van der Waals surface area contributed by atoms with Gasteiger partial charge in [0.2, 0.25) is 0 Å². The Hall–Kier alpha value is -3.17. The minimum atomic E-state index is -1.81. The van der Waals surface area contributed by atoms with Crippen LogP contribution in [0.5, 0.6) is 0 Å². The van der Waals surface area contributed by atoms with E-state index in [0.717, 1.165) is 18.6 Å². The van der Waals surface area contributed by atoms with Crippen molar-refractivity contribution in [3.05, 3.63) is 58.3 Å². The zero-order valence-corrected chi connectivity index (χ0v) is 14.1. The van der Waals surface area contributed by atoms with E-state index in [1.54, 1.807) is 0 Å². The largest absolute Gasteiger partial charge is 0.399 e. The third kappa shape index (κ3) is 2.37. The Morgan fingerprint density at radius 1 is 1.15 bits per heavy atom. The van der Waals surface area contributed by atoms with E-state index in [1.807, 2.05) is 31.2 Å². The minimum Gasteiger partial charge on any atom is -0.399 e. The molecule has 0 saturated carbocycles. The van der Waals surface area contributed by atoms with E-state index >= 15 is 0 Å². The van der Waals surface area contributed by atoms with E-state index in [4.69, 9.17) is 5.73 Å². The molecule has 0 spiro atoms. The van der Waals surface area contributed by atoms with E-state index in [2.05, 4.69) is 0 Å². The molecule has 1 aromatic carbocycles. The lowest BCUT2D eigenvalue weighted by Gasteiger charge is -2.44. The van der Waals surface area contributed by atoms with Gasteiger partial charge in [-0.15, -0.1) is 0 Å². The molecule has 26 heavy (non-hydrogen) atoms. The second kappa shape index (κ2) is 6.28. The Morgan fingerprint density at radius 2 is 1.85 bits per heavy atom. The number of nitrogens with two attached hydrogens (primary N) is 1. The first kappa shape index (κ1) is 17.6. The number of hydrogen-bond acceptors (Lipinski definition) is 4. The third-order valence-electron chi connectivity index (χ3n) is 5.41. The fraction of sp³-hybridized carbons (Fsp3) is 0.350.